The van der Waals surface area contributed by atoms with E-state index in [1.165, 1.54) is 6.08 Å². The molecule has 0 aliphatic rings. The van der Waals surface area contributed by atoms with Gasteiger partial charge in [-0.15, -0.1) is 0 Å². The Hall–Kier alpha value is -1.11. The van der Waals surface area contributed by atoms with Gasteiger partial charge in [-0.05, 0) is 12.5 Å². The molecule has 0 atom stereocenters. The van der Waals surface area contributed by atoms with Crippen LogP contribution in [0.1, 0.15) is 13.3 Å². The molecule has 0 rings (SSSR count). The van der Waals surface area contributed by atoms with Crippen LogP contribution in [0.15, 0.2) is 36.5 Å². The molecule has 10 heavy (non-hydrogen) atoms. The average Bonchev–Trinajstić information content (AvgIpc) is 1.97. The Morgan fingerprint density at radius 2 is 1.60 bits per heavy atom. The molecule has 0 heterocycles. The number of aldehydes is 1. The second-order valence-electron chi connectivity index (χ2n) is 1.74. The van der Waals surface area contributed by atoms with Gasteiger partial charge in [0, 0.05) is 0 Å². The molecule has 54 valence electrons. The van der Waals surface area contributed by atoms with E-state index in [0.29, 0.717) is 0 Å². The predicted molar refractivity (Wildman–Crippen MR) is 43.8 cm³/mol. The first-order chi connectivity index (χ1) is 4.91. The highest BCUT2D eigenvalue weighted by Gasteiger charge is 1.62. The molecule has 0 aromatic heterocycles. The summed E-state index contributed by atoms with van der Waals surface area (Å²) in [4.78, 5) is 9.76. The van der Waals surface area contributed by atoms with Crippen LogP contribution in [0.5, 0.6) is 0 Å². The minimum Gasteiger partial charge on any atom is -0.299 e. The van der Waals surface area contributed by atoms with Crippen molar-refractivity contribution < 1.29 is 4.79 Å². The molecule has 0 aliphatic heterocycles. The van der Waals surface area contributed by atoms with Crippen LogP contribution in [0.2, 0.25) is 0 Å². The Kier molecular flexibility index (Phi) is 7.01. The lowest BCUT2D eigenvalue weighted by Gasteiger charge is -1.72. The molecule has 0 amide bonds. The van der Waals surface area contributed by atoms with Gasteiger partial charge in [-0.25, -0.2) is 0 Å². The maximum Gasteiger partial charge on any atom is 0.142 e. The van der Waals surface area contributed by atoms with Crippen LogP contribution in [0.25, 0.3) is 0 Å². The van der Waals surface area contributed by atoms with E-state index in [2.05, 4.69) is 6.92 Å². The van der Waals surface area contributed by atoms with Crippen molar-refractivity contribution in [2.45, 2.75) is 13.3 Å². The lowest BCUT2D eigenvalue weighted by Crippen LogP contribution is -1.56. The molecule has 0 aromatic carbocycles. The molecule has 1 nitrogen and oxygen atoms in total. The number of carbonyl (C=O) groups excluding carboxylic acids is 1. The Balaban J connectivity index is 3.46. The summed E-state index contributed by atoms with van der Waals surface area (Å²) in [6, 6.07) is 0. The molecule has 0 bridgehead atoms. The predicted octanol–water partition coefficient (Wildman–Crippen LogP) is 2.26. The summed E-state index contributed by atoms with van der Waals surface area (Å²) in [5.41, 5.74) is 0. The Bertz CT molecular complexity index is 152. The van der Waals surface area contributed by atoms with Gasteiger partial charge in [-0.1, -0.05) is 37.3 Å². The largest absolute Gasteiger partial charge is 0.299 e. The summed E-state index contributed by atoms with van der Waals surface area (Å²) in [5.74, 6) is 0. The maximum absolute atomic E-state index is 9.76. The monoisotopic (exact) mass is 136 g/mol. The summed E-state index contributed by atoms with van der Waals surface area (Å²) in [7, 11) is 0. The molecule has 0 spiro atoms. The third-order valence-electron chi connectivity index (χ3n) is 0.895. The quantitative estimate of drug-likeness (QED) is 0.329. The van der Waals surface area contributed by atoms with Crippen molar-refractivity contribution in [3.63, 3.8) is 0 Å². The first-order valence-electron chi connectivity index (χ1n) is 3.35. The zero-order chi connectivity index (χ0) is 7.66. The fourth-order valence-electron chi connectivity index (χ4n) is 0.452. The molecule has 0 radical (unpaired) electrons. The van der Waals surface area contributed by atoms with E-state index in [0.717, 1.165) is 12.7 Å². The minimum absolute atomic E-state index is 0.758. The van der Waals surface area contributed by atoms with Crippen LogP contribution in [0.3, 0.4) is 0 Å². The van der Waals surface area contributed by atoms with Crippen molar-refractivity contribution in [2.75, 3.05) is 0 Å². The van der Waals surface area contributed by atoms with Crippen LogP contribution in [0, 0.1) is 0 Å². The van der Waals surface area contributed by atoms with Gasteiger partial charge in [0.15, 0.2) is 0 Å². The number of rotatable bonds is 4. The lowest BCUT2D eigenvalue weighted by atomic mass is 10.4. The molecule has 0 saturated carbocycles. The van der Waals surface area contributed by atoms with E-state index in [4.69, 9.17) is 0 Å². The van der Waals surface area contributed by atoms with Crippen molar-refractivity contribution in [3.8, 4) is 0 Å². The van der Waals surface area contributed by atoms with E-state index in [1.54, 1.807) is 6.08 Å². The topological polar surface area (TPSA) is 17.1 Å². The molecular formula is C9H12O. The SMILES string of the molecule is CC\C=C/C=C/C=C\C=O. The summed E-state index contributed by atoms with van der Waals surface area (Å²) in [5, 5.41) is 0. The molecule has 0 N–H and O–H groups in total. The Morgan fingerprint density at radius 3 is 2.20 bits per heavy atom. The van der Waals surface area contributed by atoms with Gasteiger partial charge in [0.2, 0.25) is 0 Å². The summed E-state index contributed by atoms with van der Waals surface area (Å²) >= 11 is 0. The average molecular weight is 136 g/mol. The first kappa shape index (κ1) is 8.89. The number of hydrogen-bond donors (Lipinski definition) is 0. The standard InChI is InChI=1S/C9H12O/c1-2-3-4-5-6-7-8-9-10/h3-9H,2H2,1H3/b4-3-,6-5+,8-7-. The van der Waals surface area contributed by atoms with Gasteiger partial charge >= 0.3 is 0 Å². The van der Waals surface area contributed by atoms with Crippen molar-refractivity contribution >= 4 is 6.29 Å². The van der Waals surface area contributed by atoms with E-state index in [1.807, 2.05) is 24.3 Å². The highest BCUT2D eigenvalue weighted by atomic mass is 16.1. The van der Waals surface area contributed by atoms with Gasteiger partial charge in [0.1, 0.15) is 6.29 Å². The summed E-state index contributed by atoms with van der Waals surface area (Å²) < 4.78 is 0. The van der Waals surface area contributed by atoms with Crippen molar-refractivity contribution in [3.05, 3.63) is 36.5 Å². The molecule has 0 unspecified atom stereocenters. The zero-order valence-electron chi connectivity index (χ0n) is 6.16. The first-order valence-corrected chi connectivity index (χ1v) is 3.35. The van der Waals surface area contributed by atoms with E-state index in [-0.39, 0.29) is 0 Å². The number of hydrogen-bond acceptors (Lipinski definition) is 1. The minimum atomic E-state index is 0.758. The third kappa shape index (κ3) is 6.89. The van der Waals surface area contributed by atoms with Gasteiger partial charge < -0.3 is 0 Å². The smallest absolute Gasteiger partial charge is 0.142 e. The molecule has 0 saturated heterocycles. The summed E-state index contributed by atoms with van der Waals surface area (Å²) in [6.45, 7) is 2.08. The van der Waals surface area contributed by atoms with Crippen molar-refractivity contribution in [1.29, 1.82) is 0 Å². The Labute approximate surface area is 61.8 Å². The lowest BCUT2D eigenvalue weighted by molar-refractivity contribution is -0.104. The summed E-state index contributed by atoms with van der Waals surface area (Å²) in [6.07, 6.45) is 12.7. The van der Waals surface area contributed by atoms with Crippen molar-refractivity contribution in [2.24, 2.45) is 0 Å². The van der Waals surface area contributed by atoms with E-state index >= 15 is 0 Å². The maximum atomic E-state index is 9.76. The fraction of sp³-hybridized carbons (Fsp3) is 0.222. The van der Waals surface area contributed by atoms with Crippen LogP contribution < -0.4 is 0 Å². The molecule has 0 aliphatic carbocycles. The van der Waals surface area contributed by atoms with Gasteiger partial charge in [0.25, 0.3) is 0 Å². The van der Waals surface area contributed by atoms with Crippen LogP contribution >= 0.6 is 0 Å². The van der Waals surface area contributed by atoms with Crippen molar-refractivity contribution in [1.82, 2.24) is 0 Å². The zero-order valence-corrected chi connectivity index (χ0v) is 6.16. The Morgan fingerprint density at radius 1 is 1.00 bits per heavy atom. The van der Waals surface area contributed by atoms with Crippen LogP contribution in [-0.4, -0.2) is 6.29 Å². The van der Waals surface area contributed by atoms with Crippen LogP contribution in [-0.2, 0) is 4.79 Å². The molecular weight excluding hydrogens is 124 g/mol. The second-order valence-corrected chi connectivity index (χ2v) is 1.74. The van der Waals surface area contributed by atoms with Gasteiger partial charge in [-0.3, -0.25) is 4.79 Å². The van der Waals surface area contributed by atoms with Gasteiger partial charge in [0.05, 0.1) is 0 Å². The third-order valence-corrected chi connectivity index (χ3v) is 0.895. The number of carbonyl (C=O) groups is 1. The molecule has 0 fully saturated rings. The van der Waals surface area contributed by atoms with Crippen LogP contribution in [0.4, 0.5) is 0 Å². The normalized spacial score (nSPS) is 12.1. The van der Waals surface area contributed by atoms with E-state index < -0.39 is 0 Å². The highest BCUT2D eigenvalue weighted by Crippen LogP contribution is 1.81. The fourth-order valence-corrected chi connectivity index (χ4v) is 0.452. The molecule has 0 aromatic rings. The highest BCUT2D eigenvalue weighted by molar-refractivity contribution is 5.65. The van der Waals surface area contributed by atoms with Gasteiger partial charge in [-0.2, -0.15) is 0 Å². The van der Waals surface area contributed by atoms with E-state index in [9.17, 15) is 4.79 Å². The second kappa shape index (κ2) is 7.89. The molecule has 1 heteroatoms. The number of allylic oxidation sites excluding steroid dienone is 6.